The zero-order valence-corrected chi connectivity index (χ0v) is 16.5. The third-order valence-corrected chi connectivity index (χ3v) is 4.73. The number of unbranched alkanes of at least 4 members (excludes halogenated alkanes) is 2. The van der Waals surface area contributed by atoms with Gasteiger partial charge in [-0.05, 0) is 35.3 Å². The van der Waals surface area contributed by atoms with E-state index in [1.54, 1.807) is 0 Å². The van der Waals surface area contributed by atoms with Gasteiger partial charge < -0.3 is 19.9 Å². The number of ether oxygens (including phenoxy) is 3. The van der Waals surface area contributed by atoms with Gasteiger partial charge in [0.15, 0.2) is 0 Å². The molecule has 2 rings (SSSR count). The van der Waals surface area contributed by atoms with Crippen molar-refractivity contribution in [1.29, 1.82) is 0 Å². The van der Waals surface area contributed by atoms with Crippen molar-refractivity contribution in [1.82, 2.24) is 9.55 Å². The highest BCUT2D eigenvalue weighted by atomic mass is 79.9. The molecule has 3 N–H and O–H groups in total. The van der Waals surface area contributed by atoms with Crippen LogP contribution in [-0.4, -0.2) is 40.9 Å². The highest BCUT2D eigenvalue weighted by Crippen LogP contribution is 2.30. The minimum atomic E-state index is -0.695. The van der Waals surface area contributed by atoms with Crippen LogP contribution in [0.4, 0.5) is 0 Å². The standard InChI is InChI=1S/C17H24BrN3O6/c1-2-25-10-13-12(27-15(22)6-4-3-5-7-19)8-14(26-13)21-9-11(18)16(23)20-17(21)24/h2,9,12-14H,1,3-8,10,19H2,(H,20,23,24)/t12-,13+,14+/m0/s1. The molecule has 150 valence electrons. The Kier molecular flexibility index (Phi) is 8.26. The number of H-pyrrole nitrogens is 1. The first-order chi connectivity index (χ1) is 13.0. The Bertz CT molecular complexity index is 762. The summed E-state index contributed by atoms with van der Waals surface area (Å²) in [7, 11) is 0. The van der Waals surface area contributed by atoms with E-state index in [0.717, 1.165) is 12.8 Å². The Morgan fingerprint density at radius 2 is 2.22 bits per heavy atom. The summed E-state index contributed by atoms with van der Waals surface area (Å²) in [4.78, 5) is 37.9. The van der Waals surface area contributed by atoms with E-state index in [1.807, 2.05) is 0 Å². The van der Waals surface area contributed by atoms with Crippen LogP contribution < -0.4 is 17.0 Å². The summed E-state index contributed by atoms with van der Waals surface area (Å²) < 4.78 is 18.0. The highest BCUT2D eigenvalue weighted by Gasteiger charge is 2.39. The van der Waals surface area contributed by atoms with Crippen molar-refractivity contribution < 1.29 is 19.0 Å². The summed E-state index contributed by atoms with van der Waals surface area (Å²) in [6.07, 6.45) is 3.78. The number of halogens is 1. The molecular weight excluding hydrogens is 422 g/mol. The van der Waals surface area contributed by atoms with Gasteiger partial charge in [-0.1, -0.05) is 13.0 Å². The first kappa shape index (κ1) is 21.4. The molecule has 10 heteroatoms. The molecule has 2 heterocycles. The van der Waals surface area contributed by atoms with Crippen molar-refractivity contribution in [2.75, 3.05) is 13.2 Å². The van der Waals surface area contributed by atoms with Crippen molar-refractivity contribution in [2.45, 2.75) is 50.5 Å². The first-order valence-corrected chi connectivity index (χ1v) is 9.54. The van der Waals surface area contributed by atoms with Crippen LogP contribution in [0.15, 0.2) is 33.1 Å². The molecule has 27 heavy (non-hydrogen) atoms. The van der Waals surface area contributed by atoms with Gasteiger partial charge in [0.25, 0.3) is 5.56 Å². The number of aromatic nitrogens is 2. The maximum atomic E-state index is 12.1. The number of nitrogens with one attached hydrogen (secondary N) is 1. The smallest absolute Gasteiger partial charge is 0.330 e. The number of hydrogen-bond acceptors (Lipinski definition) is 7. The summed E-state index contributed by atoms with van der Waals surface area (Å²) in [5.41, 5.74) is 4.30. The van der Waals surface area contributed by atoms with E-state index in [4.69, 9.17) is 19.9 Å². The molecule has 1 aliphatic rings. The quantitative estimate of drug-likeness (QED) is 0.314. The Morgan fingerprint density at radius 3 is 2.93 bits per heavy atom. The number of esters is 1. The van der Waals surface area contributed by atoms with Gasteiger partial charge in [0.1, 0.15) is 25.0 Å². The molecule has 0 radical (unpaired) electrons. The molecule has 1 aliphatic heterocycles. The van der Waals surface area contributed by atoms with E-state index in [0.29, 0.717) is 19.4 Å². The Morgan fingerprint density at radius 1 is 1.44 bits per heavy atom. The summed E-state index contributed by atoms with van der Waals surface area (Å²) in [6, 6.07) is 0. The number of nitrogens with two attached hydrogens (primary N) is 1. The van der Waals surface area contributed by atoms with Crippen LogP contribution in [0.5, 0.6) is 0 Å². The lowest BCUT2D eigenvalue weighted by atomic mass is 10.1. The number of carbonyl (C=O) groups excluding carboxylic acids is 1. The number of rotatable bonds is 10. The van der Waals surface area contributed by atoms with Gasteiger partial charge in [-0.3, -0.25) is 19.1 Å². The third kappa shape index (κ3) is 6.05. The molecule has 0 spiro atoms. The lowest BCUT2D eigenvalue weighted by Gasteiger charge is -2.18. The third-order valence-electron chi connectivity index (χ3n) is 4.16. The second-order valence-electron chi connectivity index (χ2n) is 6.14. The minimum absolute atomic E-state index is 0.129. The van der Waals surface area contributed by atoms with Crippen molar-refractivity contribution >= 4 is 21.9 Å². The lowest BCUT2D eigenvalue weighted by molar-refractivity contribution is -0.153. The molecule has 1 aromatic heterocycles. The summed E-state index contributed by atoms with van der Waals surface area (Å²) >= 11 is 3.09. The number of nitrogens with zero attached hydrogens (tertiary/aromatic N) is 1. The molecule has 0 unspecified atom stereocenters. The first-order valence-electron chi connectivity index (χ1n) is 8.74. The van der Waals surface area contributed by atoms with Crippen molar-refractivity contribution in [2.24, 2.45) is 5.73 Å². The predicted molar refractivity (Wildman–Crippen MR) is 101 cm³/mol. The van der Waals surface area contributed by atoms with Crippen LogP contribution in [0.3, 0.4) is 0 Å². The van der Waals surface area contributed by atoms with E-state index >= 15 is 0 Å². The second-order valence-corrected chi connectivity index (χ2v) is 6.99. The summed E-state index contributed by atoms with van der Waals surface area (Å²) in [6.45, 7) is 4.21. The average molecular weight is 446 g/mol. The van der Waals surface area contributed by atoms with Crippen LogP contribution in [0.1, 0.15) is 38.3 Å². The molecule has 0 bridgehead atoms. The molecule has 1 aromatic rings. The fourth-order valence-corrected chi connectivity index (χ4v) is 3.12. The van der Waals surface area contributed by atoms with Gasteiger partial charge in [-0.25, -0.2) is 4.79 Å². The normalized spacial score (nSPS) is 21.8. The summed E-state index contributed by atoms with van der Waals surface area (Å²) in [5.74, 6) is -0.333. The van der Waals surface area contributed by atoms with Crippen molar-refractivity contribution in [3.05, 3.63) is 44.3 Å². The molecule has 3 atom stereocenters. The van der Waals surface area contributed by atoms with Gasteiger partial charge in [-0.15, -0.1) is 0 Å². The van der Waals surface area contributed by atoms with Crippen molar-refractivity contribution in [3.8, 4) is 0 Å². The molecule has 0 aromatic carbocycles. The Hall–Kier alpha value is -1.91. The Labute approximate surface area is 164 Å². The van der Waals surface area contributed by atoms with Crippen LogP contribution in [0.25, 0.3) is 0 Å². The van der Waals surface area contributed by atoms with Crippen LogP contribution in [-0.2, 0) is 19.0 Å². The van der Waals surface area contributed by atoms with Crippen molar-refractivity contribution in [3.63, 3.8) is 0 Å². The molecule has 1 fully saturated rings. The summed E-state index contributed by atoms with van der Waals surface area (Å²) in [5, 5.41) is 0. The van der Waals surface area contributed by atoms with Crippen LogP contribution in [0, 0.1) is 0 Å². The van der Waals surface area contributed by atoms with Gasteiger partial charge >= 0.3 is 11.7 Å². The highest BCUT2D eigenvalue weighted by molar-refractivity contribution is 9.10. The molecule has 1 saturated heterocycles. The zero-order chi connectivity index (χ0) is 19.8. The van der Waals surface area contributed by atoms with E-state index in [2.05, 4.69) is 27.5 Å². The van der Waals surface area contributed by atoms with Crippen LogP contribution in [0.2, 0.25) is 0 Å². The van der Waals surface area contributed by atoms with Crippen LogP contribution >= 0.6 is 15.9 Å². The molecule has 0 aliphatic carbocycles. The number of hydrogen-bond donors (Lipinski definition) is 2. The van der Waals surface area contributed by atoms with Gasteiger partial charge in [0.2, 0.25) is 0 Å². The van der Waals surface area contributed by atoms with E-state index < -0.39 is 29.7 Å². The molecular formula is C17H24BrN3O6. The maximum absolute atomic E-state index is 12.1. The largest absolute Gasteiger partial charge is 0.499 e. The lowest BCUT2D eigenvalue weighted by Crippen LogP contribution is -2.32. The predicted octanol–water partition coefficient (Wildman–Crippen LogP) is 1.18. The Balaban J connectivity index is 2.06. The molecule has 0 saturated carbocycles. The number of aromatic amines is 1. The van der Waals surface area contributed by atoms with Gasteiger partial charge in [0, 0.05) is 19.0 Å². The molecule has 9 nitrogen and oxygen atoms in total. The zero-order valence-electron chi connectivity index (χ0n) is 14.9. The molecule has 0 amide bonds. The van der Waals surface area contributed by atoms with E-state index in [9.17, 15) is 14.4 Å². The van der Waals surface area contributed by atoms with Gasteiger partial charge in [-0.2, -0.15) is 0 Å². The minimum Gasteiger partial charge on any atom is -0.499 e. The average Bonchev–Trinajstić information content (AvgIpc) is 3.02. The number of carbonyl (C=O) groups is 1. The second kappa shape index (κ2) is 10.4. The SMILES string of the molecule is C=COC[C@H]1O[C@@H](n2cc(Br)c(=O)[nH]c2=O)C[C@@H]1OC(=O)CCCCCN. The fourth-order valence-electron chi connectivity index (χ4n) is 2.80. The topological polar surface area (TPSA) is 126 Å². The maximum Gasteiger partial charge on any atom is 0.330 e. The van der Waals surface area contributed by atoms with E-state index in [-0.39, 0.29) is 23.5 Å². The monoisotopic (exact) mass is 445 g/mol. The fraction of sp³-hybridized carbons (Fsp3) is 0.588. The van der Waals surface area contributed by atoms with Gasteiger partial charge in [0.05, 0.1) is 10.7 Å². The van der Waals surface area contributed by atoms with E-state index in [1.165, 1.54) is 17.0 Å².